The molecule has 0 aliphatic heterocycles. The summed E-state index contributed by atoms with van der Waals surface area (Å²) in [5.41, 5.74) is 4.41. The van der Waals surface area contributed by atoms with E-state index in [-0.39, 0.29) is 0 Å². The Hall–Kier alpha value is -1.72. The topological polar surface area (TPSA) is 9.23 Å². The molecular formula is C15H16OSi. The van der Waals surface area contributed by atoms with Crippen LogP contribution in [-0.2, 0) is 0 Å². The van der Waals surface area contributed by atoms with Crippen molar-refractivity contribution < 1.29 is 4.74 Å². The maximum atomic E-state index is 5.31. The summed E-state index contributed by atoms with van der Waals surface area (Å²) < 4.78 is 5.31. The van der Waals surface area contributed by atoms with Crippen LogP contribution in [-0.4, -0.2) is 15.9 Å². The molecule has 0 N–H and O–H groups in total. The SMILES string of the molecule is COc1cc(C#C[SiH](C)C)c2ccccc2c1. The zero-order valence-electron chi connectivity index (χ0n) is 10.4. The minimum Gasteiger partial charge on any atom is -0.497 e. The van der Waals surface area contributed by atoms with Crippen molar-refractivity contribution in [2.24, 2.45) is 0 Å². The lowest BCUT2D eigenvalue weighted by Gasteiger charge is -2.05. The van der Waals surface area contributed by atoms with E-state index in [0.717, 1.165) is 11.3 Å². The molecule has 1 nitrogen and oxygen atoms in total. The normalized spacial score (nSPS) is 10.1. The van der Waals surface area contributed by atoms with Gasteiger partial charge in [-0.3, -0.25) is 0 Å². The average molecular weight is 240 g/mol. The second kappa shape index (κ2) is 5.07. The van der Waals surface area contributed by atoms with Crippen LogP contribution in [0.3, 0.4) is 0 Å². The minimum atomic E-state index is -0.847. The summed E-state index contributed by atoms with van der Waals surface area (Å²) in [6, 6.07) is 12.4. The minimum absolute atomic E-state index is 0.847. The van der Waals surface area contributed by atoms with E-state index < -0.39 is 8.80 Å². The van der Waals surface area contributed by atoms with Gasteiger partial charge in [-0.05, 0) is 22.9 Å². The fraction of sp³-hybridized carbons (Fsp3) is 0.200. The first-order valence-electron chi connectivity index (χ1n) is 5.79. The van der Waals surface area contributed by atoms with Crippen molar-refractivity contribution in [2.75, 3.05) is 7.11 Å². The van der Waals surface area contributed by atoms with Gasteiger partial charge in [0.15, 0.2) is 0 Å². The summed E-state index contributed by atoms with van der Waals surface area (Å²) in [6.07, 6.45) is 0. The number of hydrogen-bond acceptors (Lipinski definition) is 1. The molecule has 0 bridgehead atoms. The lowest BCUT2D eigenvalue weighted by atomic mass is 10.0. The van der Waals surface area contributed by atoms with Gasteiger partial charge in [-0.15, -0.1) is 5.54 Å². The van der Waals surface area contributed by atoms with Gasteiger partial charge >= 0.3 is 0 Å². The summed E-state index contributed by atoms with van der Waals surface area (Å²) in [6.45, 7) is 4.46. The summed E-state index contributed by atoms with van der Waals surface area (Å²) >= 11 is 0. The maximum absolute atomic E-state index is 5.31. The highest BCUT2D eigenvalue weighted by Gasteiger charge is 2.02. The average Bonchev–Trinajstić information content (AvgIpc) is 2.35. The Bertz CT molecular complexity index is 591. The van der Waals surface area contributed by atoms with Crippen LogP contribution in [0.15, 0.2) is 36.4 Å². The van der Waals surface area contributed by atoms with E-state index in [2.05, 4.69) is 36.7 Å². The lowest BCUT2D eigenvalue weighted by molar-refractivity contribution is 0.415. The van der Waals surface area contributed by atoms with E-state index in [0.29, 0.717) is 0 Å². The van der Waals surface area contributed by atoms with Crippen molar-refractivity contribution in [1.82, 2.24) is 0 Å². The molecule has 0 spiro atoms. The molecule has 2 aromatic rings. The second-order valence-electron chi connectivity index (χ2n) is 4.32. The number of methoxy groups -OCH3 is 1. The summed E-state index contributed by atoms with van der Waals surface area (Å²) in [5.74, 6) is 4.17. The van der Waals surface area contributed by atoms with Crippen molar-refractivity contribution in [2.45, 2.75) is 13.1 Å². The van der Waals surface area contributed by atoms with E-state index in [1.165, 1.54) is 10.8 Å². The molecule has 86 valence electrons. The Morgan fingerprint density at radius 2 is 1.88 bits per heavy atom. The third-order valence-corrected chi connectivity index (χ3v) is 3.29. The van der Waals surface area contributed by atoms with Crippen molar-refractivity contribution in [3.63, 3.8) is 0 Å². The van der Waals surface area contributed by atoms with E-state index in [4.69, 9.17) is 4.74 Å². The highest BCUT2D eigenvalue weighted by molar-refractivity contribution is 6.64. The van der Waals surface area contributed by atoms with E-state index >= 15 is 0 Å². The Morgan fingerprint density at radius 1 is 1.12 bits per heavy atom. The molecule has 2 aromatic carbocycles. The van der Waals surface area contributed by atoms with Gasteiger partial charge in [0.05, 0.1) is 7.11 Å². The van der Waals surface area contributed by atoms with E-state index in [1.807, 2.05) is 24.3 Å². The van der Waals surface area contributed by atoms with Gasteiger partial charge < -0.3 is 4.74 Å². The van der Waals surface area contributed by atoms with Crippen LogP contribution in [0.2, 0.25) is 13.1 Å². The number of fused-ring (bicyclic) bond motifs is 1. The molecule has 0 amide bonds. The van der Waals surface area contributed by atoms with Gasteiger partial charge in [-0.25, -0.2) is 0 Å². The van der Waals surface area contributed by atoms with Crippen LogP contribution in [0.1, 0.15) is 5.56 Å². The Kier molecular flexibility index (Phi) is 3.51. The zero-order chi connectivity index (χ0) is 12.3. The molecule has 0 heterocycles. The predicted octanol–water partition coefficient (Wildman–Crippen LogP) is 3.23. The van der Waals surface area contributed by atoms with E-state index in [1.54, 1.807) is 7.11 Å². The molecule has 0 unspecified atom stereocenters. The van der Waals surface area contributed by atoms with Crippen LogP contribution < -0.4 is 4.74 Å². The van der Waals surface area contributed by atoms with Crippen molar-refractivity contribution >= 4 is 19.6 Å². The first-order chi connectivity index (χ1) is 8.20. The Morgan fingerprint density at radius 3 is 2.59 bits per heavy atom. The number of rotatable bonds is 1. The van der Waals surface area contributed by atoms with Gasteiger partial charge in [-0.2, -0.15) is 0 Å². The molecule has 2 heteroatoms. The van der Waals surface area contributed by atoms with Crippen LogP contribution in [0.5, 0.6) is 5.75 Å². The van der Waals surface area contributed by atoms with Gasteiger partial charge in [0.2, 0.25) is 0 Å². The molecule has 0 aromatic heterocycles. The van der Waals surface area contributed by atoms with Crippen LogP contribution in [0.4, 0.5) is 0 Å². The highest BCUT2D eigenvalue weighted by Crippen LogP contribution is 2.24. The molecule has 0 fully saturated rings. The third kappa shape index (κ3) is 2.69. The molecule has 0 radical (unpaired) electrons. The first-order valence-corrected chi connectivity index (χ1v) is 8.67. The van der Waals surface area contributed by atoms with E-state index in [9.17, 15) is 0 Å². The number of benzene rings is 2. The highest BCUT2D eigenvalue weighted by atomic mass is 28.3. The smallest absolute Gasteiger partial charge is 0.120 e. The molecule has 0 aliphatic rings. The van der Waals surface area contributed by atoms with Gasteiger partial charge in [0.1, 0.15) is 14.5 Å². The summed E-state index contributed by atoms with van der Waals surface area (Å²) in [4.78, 5) is 0. The summed E-state index contributed by atoms with van der Waals surface area (Å²) in [5, 5.41) is 2.39. The van der Waals surface area contributed by atoms with Crippen molar-refractivity contribution in [3.05, 3.63) is 42.0 Å². The predicted molar refractivity (Wildman–Crippen MR) is 76.3 cm³/mol. The first kappa shape index (κ1) is 11.8. The van der Waals surface area contributed by atoms with Gasteiger partial charge in [-0.1, -0.05) is 43.3 Å². The molecule has 17 heavy (non-hydrogen) atoms. The molecule has 0 saturated heterocycles. The van der Waals surface area contributed by atoms with Crippen molar-refractivity contribution in [3.8, 4) is 17.2 Å². The quantitative estimate of drug-likeness (QED) is 0.549. The maximum Gasteiger partial charge on any atom is 0.120 e. The molecule has 2 rings (SSSR count). The molecule has 0 atom stereocenters. The molecule has 0 aliphatic carbocycles. The molecular weight excluding hydrogens is 224 g/mol. The molecule has 0 saturated carbocycles. The standard InChI is InChI=1S/C15H16OSi/c1-16-14-10-12-6-4-5-7-15(12)13(11-14)8-9-17(2)3/h4-7,10-11,17H,1-3H3. The summed E-state index contributed by atoms with van der Waals surface area (Å²) in [7, 11) is 0.846. The zero-order valence-corrected chi connectivity index (χ0v) is 11.6. The van der Waals surface area contributed by atoms with Gasteiger partial charge in [0.25, 0.3) is 0 Å². The fourth-order valence-electron chi connectivity index (χ4n) is 1.73. The fourth-order valence-corrected chi connectivity index (χ4v) is 2.17. The number of ether oxygens (including phenoxy) is 1. The van der Waals surface area contributed by atoms with Crippen LogP contribution in [0.25, 0.3) is 10.8 Å². The van der Waals surface area contributed by atoms with Crippen molar-refractivity contribution in [1.29, 1.82) is 0 Å². The largest absolute Gasteiger partial charge is 0.497 e. The monoisotopic (exact) mass is 240 g/mol. The van der Waals surface area contributed by atoms with Crippen LogP contribution >= 0.6 is 0 Å². The Labute approximate surface area is 104 Å². The van der Waals surface area contributed by atoms with Crippen LogP contribution in [0, 0.1) is 11.5 Å². The lowest BCUT2D eigenvalue weighted by Crippen LogP contribution is -1.94. The van der Waals surface area contributed by atoms with Gasteiger partial charge in [0, 0.05) is 5.56 Å². The second-order valence-corrected chi connectivity index (χ2v) is 6.92. The Balaban J connectivity index is 2.64. The third-order valence-electron chi connectivity index (χ3n) is 2.57. The number of hydrogen-bond donors (Lipinski definition) is 0.